The number of hydrogen-bond donors (Lipinski definition) is 0. The predicted octanol–water partition coefficient (Wildman–Crippen LogP) is 8.62. The van der Waals surface area contributed by atoms with Crippen LogP contribution in [0.25, 0.3) is 65.4 Å². The van der Waals surface area contributed by atoms with E-state index in [-0.39, 0.29) is 0 Å². The molecule has 0 atom stereocenters. The first-order valence-corrected chi connectivity index (χ1v) is 13.1. The molecule has 0 aliphatic rings. The van der Waals surface area contributed by atoms with Gasteiger partial charge >= 0.3 is 0 Å². The van der Waals surface area contributed by atoms with Crippen LogP contribution in [0.3, 0.4) is 0 Å². The first-order valence-electron chi connectivity index (χ1n) is 13.1. The lowest BCUT2D eigenvalue weighted by atomic mass is 10.1. The highest BCUT2D eigenvalue weighted by Crippen LogP contribution is 2.40. The smallest absolute Gasteiger partial charge is 0.0592 e. The first kappa shape index (κ1) is 20.7. The van der Waals surface area contributed by atoms with E-state index in [9.17, 15) is 0 Å². The third-order valence-corrected chi connectivity index (χ3v) is 8.30. The monoisotopic (exact) mass is 477 g/mol. The topological polar surface area (TPSA) is 14.8 Å². The average Bonchev–Trinajstić information content (AvgIpc) is 3.55. The molecule has 178 valence electrons. The van der Waals surface area contributed by atoms with Crippen LogP contribution in [-0.4, -0.2) is 13.7 Å². The van der Waals surface area contributed by atoms with Gasteiger partial charge in [0.1, 0.15) is 0 Å². The Morgan fingerprint density at radius 2 is 1.11 bits per heavy atom. The van der Waals surface area contributed by atoms with Crippen LogP contribution in [0.4, 0.5) is 0 Å². The molecule has 3 heterocycles. The van der Waals surface area contributed by atoms with Crippen LogP contribution in [0.1, 0.15) is 12.5 Å². The summed E-state index contributed by atoms with van der Waals surface area (Å²) in [7, 11) is 2.16. The quantitative estimate of drug-likeness (QED) is 0.242. The van der Waals surface area contributed by atoms with Gasteiger partial charge in [0.25, 0.3) is 0 Å². The molecule has 0 radical (unpaired) electrons. The highest BCUT2D eigenvalue weighted by atomic mass is 15.0. The molecule has 0 unspecified atom stereocenters. The minimum absolute atomic E-state index is 0.834. The lowest BCUT2D eigenvalue weighted by Gasteiger charge is -2.09. The molecule has 0 amide bonds. The second-order valence-corrected chi connectivity index (χ2v) is 10.1. The highest BCUT2D eigenvalue weighted by Gasteiger charge is 2.19. The van der Waals surface area contributed by atoms with Gasteiger partial charge in [0.2, 0.25) is 0 Å². The van der Waals surface area contributed by atoms with E-state index in [1.54, 1.807) is 0 Å². The van der Waals surface area contributed by atoms with E-state index < -0.39 is 0 Å². The number of aromatic nitrogens is 3. The SMILES string of the molecule is CCn1c2ccccc2c2ccc3c(c4ccccc4n3Cc3ccc4c(c3)c3ccccc3n4C)c21. The average molecular weight is 478 g/mol. The summed E-state index contributed by atoms with van der Waals surface area (Å²) in [5, 5.41) is 8.00. The zero-order valence-electron chi connectivity index (χ0n) is 21.1. The Balaban J connectivity index is 1.42. The Kier molecular flexibility index (Phi) is 4.19. The number of para-hydroxylation sites is 3. The van der Waals surface area contributed by atoms with Gasteiger partial charge in [-0.25, -0.2) is 0 Å². The minimum Gasteiger partial charge on any atom is -0.344 e. The molecule has 3 nitrogen and oxygen atoms in total. The van der Waals surface area contributed by atoms with Crippen LogP contribution < -0.4 is 0 Å². The van der Waals surface area contributed by atoms with Gasteiger partial charge in [-0.1, -0.05) is 66.7 Å². The largest absolute Gasteiger partial charge is 0.344 e. The van der Waals surface area contributed by atoms with Gasteiger partial charge < -0.3 is 13.7 Å². The highest BCUT2D eigenvalue weighted by molar-refractivity contribution is 6.25. The molecule has 3 heteroatoms. The van der Waals surface area contributed by atoms with Crippen LogP contribution in [0.15, 0.2) is 103 Å². The molecule has 0 aliphatic heterocycles. The third-order valence-electron chi connectivity index (χ3n) is 8.30. The molecule has 0 N–H and O–H groups in total. The zero-order valence-corrected chi connectivity index (χ0v) is 21.1. The molecule has 0 aliphatic carbocycles. The normalized spacial score (nSPS) is 12.3. The van der Waals surface area contributed by atoms with Crippen LogP contribution in [-0.2, 0) is 20.1 Å². The maximum Gasteiger partial charge on any atom is 0.0592 e. The van der Waals surface area contributed by atoms with Gasteiger partial charge in [-0.3, -0.25) is 0 Å². The van der Waals surface area contributed by atoms with Gasteiger partial charge in [0.15, 0.2) is 0 Å². The van der Waals surface area contributed by atoms with E-state index in [0.29, 0.717) is 0 Å². The van der Waals surface area contributed by atoms with Crippen LogP contribution in [0.5, 0.6) is 0 Å². The van der Waals surface area contributed by atoms with Crippen molar-refractivity contribution in [2.45, 2.75) is 20.0 Å². The Morgan fingerprint density at radius 1 is 0.514 bits per heavy atom. The van der Waals surface area contributed by atoms with Gasteiger partial charge in [0.05, 0.1) is 11.0 Å². The maximum absolute atomic E-state index is 2.51. The van der Waals surface area contributed by atoms with Crippen molar-refractivity contribution in [1.82, 2.24) is 13.7 Å². The van der Waals surface area contributed by atoms with Gasteiger partial charge in [-0.05, 0) is 48.9 Å². The number of benzene rings is 5. The van der Waals surface area contributed by atoms with Gasteiger partial charge in [-0.15, -0.1) is 0 Å². The Bertz CT molecular complexity index is 2170. The number of fused-ring (bicyclic) bond motifs is 10. The van der Waals surface area contributed by atoms with Crippen molar-refractivity contribution in [3.05, 3.63) is 109 Å². The molecular weight excluding hydrogens is 450 g/mol. The van der Waals surface area contributed by atoms with Crippen molar-refractivity contribution in [3.8, 4) is 0 Å². The summed E-state index contributed by atoms with van der Waals surface area (Å²) in [6.07, 6.45) is 0. The molecule has 0 saturated carbocycles. The van der Waals surface area contributed by atoms with Crippen molar-refractivity contribution in [3.63, 3.8) is 0 Å². The molecule has 37 heavy (non-hydrogen) atoms. The van der Waals surface area contributed by atoms with Crippen molar-refractivity contribution in [1.29, 1.82) is 0 Å². The molecule has 8 aromatic rings. The van der Waals surface area contributed by atoms with E-state index >= 15 is 0 Å². The first-order chi connectivity index (χ1) is 18.2. The Labute approximate surface area is 214 Å². The van der Waals surface area contributed by atoms with E-state index in [0.717, 1.165) is 13.1 Å². The number of hydrogen-bond acceptors (Lipinski definition) is 0. The predicted molar refractivity (Wildman–Crippen MR) is 158 cm³/mol. The maximum atomic E-state index is 2.51. The molecule has 5 aromatic carbocycles. The summed E-state index contributed by atoms with van der Waals surface area (Å²) in [6, 6.07) is 38.1. The van der Waals surface area contributed by atoms with Gasteiger partial charge in [-0.2, -0.15) is 0 Å². The summed E-state index contributed by atoms with van der Waals surface area (Å²) in [4.78, 5) is 0. The van der Waals surface area contributed by atoms with Crippen LogP contribution in [0, 0.1) is 0 Å². The van der Waals surface area contributed by atoms with Gasteiger partial charge in [0, 0.05) is 74.5 Å². The molecular formula is C34H27N3. The van der Waals surface area contributed by atoms with Crippen molar-refractivity contribution in [2.75, 3.05) is 0 Å². The summed E-state index contributed by atoms with van der Waals surface area (Å²) in [5.41, 5.74) is 9.12. The number of nitrogens with zero attached hydrogens (tertiary/aromatic N) is 3. The van der Waals surface area contributed by atoms with Crippen molar-refractivity contribution >= 4 is 65.4 Å². The summed E-state index contributed by atoms with van der Waals surface area (Å²) in [6.45, 7) is 4.03. The lowest BCUT2D eigenvalue weighted by Crippen LogP contribution is -1.99. The van der Waals surface area contributed by atoms with Crippen LogP contribution in [0.2, 0.25) is 0 Å². The zero-order chi connectivity index (χ0) is 24.7. The minimum atomic E-state index is 0.834. The Hall–Kier alpha value is -4.50. The molecule has 0 spiro atoms. The van der Waals surface area contributed by atoms with E-state index in [2.05, 4.69) is 131 Å². The third kappa shape index (κ3) is 2.71. The Morgan fingerprint density at radius 3 is 1.86 bits per heavy atom. The van der Waals surface area contributed by atoms with E-state index in [1.807, 2.05) is 0 Å². The molecule has 0 fully saturated rings. The summed E-state index contributed by atoms with van der Waals surface area (Å²) < 4.78 is 7.30. The molecule has 8 rings (SSSR count). The molecule has 0 saturated heterocycles. The fourth-order valence-electron chi connectivity index (χ4n) is 6.67. The summed E-state index contributed by atoms with van der Waals surface area (Å²) in [5.74, 6) is 0. The second-order valence-electron chi connectivity index (χ2n) is 10.1. The standard InChI is InChI=1S/C34H27N3/c1-3-36-30-14-8-5-10-23(30)25-17-19-32-33(34(25)36)26-12-6-9-15-31(26)37(32)21-22-16-18-29-27(20-22)24-11-4-7-13-28(24)35(29)2/h4-20H,3,21H2,1-2H3. The fourth-order valence-corrected chi connectivity index (χ4v) is 6.67. The molecule has 0 bridgehead atoms. The van der Waals surface area contributed by atoms with E-state index in [1.165, 1.54) is 71.0 Å². The fraction of sp³-hybridized carbons (Fsp3) is 0.118. The van der Waals surface area contributed by atoms with Crippen molar-refractivity contribution in [2.24, 2.45) is 7.05 Å². The van der Waals surface area contributed by atoms with Crippen LogP contribution >= 0.6 is 0 Å². The second kappa shape index (κ2) is 7.50. The molecule has 3 aromatic heterocycles. The summed E-state index contributed by atoms with van der Waals surface area (Å²) >= 11 is 0. The number of rotatable bonds is 3. The van der Waals surface area contributed by atoms with Crippen molar-refractivity contribution < 1.29 is 0 Å². The van der Waals surface area contributed by atoms with E-state index in [4.69, 9.17) is 0 Å². The lowest BCUT2D eigenvalue weighted by molar-refractivity contribution is 0.829. The number of aryl methyl sites for hydroxylation is 2.